The molecule has 20 heavy (non-hydrogen) atoms. The van der Waals surface area contributed by atoms with Gasteiger partial charge in [-0.3, -0.25) is 4.72 Å². The molecule has 0 aromatic heterocycles. The van der Waals surface area contributed by atoms with Crippen molar-refractivity contribution in [1.82, 2.24) is 0 Å². The van der Waals surface area contributed by atoms with Crippen LogP contribution in [0.1, 0.15) is 0 Å². The van der Waals surface area contributed by atoms with Gasteiger partial charge >= 0.3 is 0 Å². The molecule has 2 rings (SSSR count). The van der Waals surface area contributed by atoms with Gasteiger partial charge in [0.1, 0.15) is 10.6 Å². The topological polar surface area (TPSA) is 81.4 Å². The number of ether oxygens (including phenoxy) is 1. The van der Waals surface area contributed by atoms with E-state index in [0.29, 0.717) is 17.1 Å². The molecule has 7 heteroatoms. The van der Waals surface area contributed by atoms with Crippen molar-refractivity contribution in [1.29, 1.82) is 0 Å². The van der Waals surface area contributed by atoms with Crippen LogP contribution in [-0.2, 0) is 10.0 Å². The van der Waals surface area contributed by atoms with Crippen LogP contribution in [0.15, 0.2) is 47.4 Å². The van der Waals surface area contributed by atoms with Gasteiger partial charge in [0, 0.05) is 5.69 Å². The highest BCUT2D eigenvalue weighted by atomic mass is 35.5. The second-order valence-electron chi connectivity index (χ2n) is 4.00. The van der Waals surface area contributed by atoms with Gasteiger partial charge in [0.15, 0.2) is 0 Å². The van der Waals surface area contributed by atoms with E-state index in [1.54, 1.807) is 24.3 Å². The number of hydrogen-bond acceptors (Lipinski definition) is 4. The number of nitrogens with one attached hydrogen (secondary N) is 1. The van der Waals surface area contributed by atoms with Gasteiger partial charge in [0.05, 0.1) is 17.8 Å². The quantitative estimate of drug-likeness (QED) is 0.851. The molecule has 3 N–H and O–H groups in total. The number of rotatable bonds is 4. The van der Waals surface area contributed by atoms with Gasteiger partial charge in [-0.2, -0.15) is 0 Å². The van der Waals surface area contributed by atoms with Gasteiger partial charge in [0.25, 0.3) is 10.0 Å². The van der Waals surface area contributed by atoms with Crippen LogP contribution in [0.5, 0.6) is 5.75 Å². The highest BCUT2D eigenvalue weighted by Gasteiger charge is 2.19. The first kappa shape index (κ1) is 14.5. The summed E-state index contributed by atoms with van der Waals surface area (Å²) >= 11 is 5.91. The van der Waals surface area contributed by atoms with Gasteiger partial charge in [-0.15, -0.1) is 0 Å². The molecule has 0 unspecified atom stereocenters. The van der Waals surface area contributed by atoms with E-state index in [9.17, 15) is 8.42 Å². The van der Waals surface area contributed by atoms with Crippen molar-refractivity contribution in [3.8, 4) is 5.75 Å². The molecule has 2 aromatic rings. The summed E-state index contributed by atoms with van der Waals surface area (Å²) in [7, 11) is -2.38. The smallest absolute Gasteiger partial charge is 0.263 e. The van der Waals surface area contributed by atoms with E-state index in [1.807, 2.05) is 0 Å². The first-order chi connectivity index (χ1) is 9.44. The van der Waals surface area contributed by atoms with E-state index in [-0.39, 0.29) is 9.92 Å². The van der Waals surface area contributed by atoms with Crippen LogP contribution in [-0.4, -0.2) is 15.5 Å². The van der Waals surface area contributed by atoms with Crippen LogP contribution < -0.4 is 15.2 Å². The number of anilines is 2. The monoisotopic (exact) mass is 312 g/mol. The third-order valence-corrected chi connectivity index (χ3v) is 4.44. The molecule has 0 heterocycles. The molecule has 5 nitrogen and oxygen atoms in total. The lowest BCUT2D eigenvalue weighted by Crippen LogP contribution is -2.14. The summed E-state index contributed by atoms with van der Waals surface area (Å²) in [6, 6.07) is 11.0. The fraction of sp³-hybridized carbons (Fsp3) is 0.0769. The summed E-state index contributed by atoms with van der Waals surface area (Å²) in [4.78, 5) is -0.0786. The first-order valence-corrected chi connectivity index (χ1v) is 7.51. The molecule has 0 aliphatic rings. The summed E-state index contributed by atoms with van der Waals surface area (Å²) in [5, 5.41) is 0.0987. The van der Waals surface area contributed by atoms with E-state index in [2.05, 4.69) is 4.72 Å². The van der Waals surface area contributed by atoms with Gasteiger partial charge in [-0.25, -0.2) is 8.42 Å². The standard InChI is InChI=1S/C13H13ClN2O3S/c1-19-12-5-3-2-4-11(12)16-20(17,18)13-8-9(15)6-7-10(13)14/h2-8,16H,15H2,1H3. The van der Waals surface area contributed by atoms with Crippen LogP contribution in [0.3, 0.4) is 0 Å². The summed E-state index contributed by atoms with van der Waals surface area (Å²) in [6.45, 7) is 0. The van der Waals surface area contributed by atoms with Crippen molar-refractivity contribution < 1.29 is 13.2 Å². The Bertz CT molecular complexity index is 732. The molecular weight excluding hydrogens is 300 g/mol. The van der Waals surface area contributed by atoms with Crippen molar-refractivity contribution in [2.24, 2.45) is 0 Å². The van der Waals surface area contributed by atoms with Crippen LogP contribution in [0.2, 0.25) is 5.02 Å². The van der Waals surface area contributed by atoms with Crippen molar-refractivity contribution in [3.63, 3.8) is 0 Å². The molecule has 0 aliphatic heterocycles. The van der Waals surface area contributed by atoms with Crippen LogP contribution in [0.25, 0.3) is 0 Å². The van der Waals surface area contributed by atoms with Gasteiger partial charge in [-0.1, -0.05) is 23.7 Å². The van der Waals surface area contributed by atoms with Crippen molar-refractivity contribution in [2.75, 3.05) is 17.6 Å². The number of sulfonamides is 1. The SMILES string of the molecule is COc1ccccc1NS(=O)(=O)c1cc(N)ccc1Cl. The van der Waals surface area contributed by atoms with Crippen LogP contribution in [0.4, 0.5) is 11.4 Å². The third kappa shape index (κ3) is 2.97. The molecule has 0 bridgehead atoms. The Balaban J connectivity index is 2.43. The number of halogens is 1. The molecule has 106 valence electrons. The lowest BCUT2D eigenvalue weighted by Gasteiger charge is -2.12. The van der Waals surface area contributed by atoms with E-state index < -0.39 is 10.0 Å². The molecule has 0 spiro atoms. The Hall–Kier alpha value is -1.92. The van der Waals surface area contributed by atoms with E-state index in [0.717, 1.165) is 0 Å². The van der Waals surface area contributed by atoms with Crippen molar-refractivity contribution in [3.05, 3.63) is 47.5 Å². The predicted octanol–water partition coefficient (Wildman–Crippen LogP) is 2.73. The zero-order valence-corrected chi connectivity index (χ0v) is 12.2. The summed E-state index contributed by atoms with van der Waals surface area (Å²) < 4.78 is 32.2. The average Bonchev–Trinajstić information content (AvgIpc) is 2.41. The number of methoxy groups -OCH3 is 1. The zero-order valence-electron chi connectivity index (χ0n) is 10.6. The summed E-state index contributed by atoms with van der Waals surface area (Å²) in [6.07, 6.45) is 0. The molecule has 0 fully saturated rings. The fourth-order valence-electron chi connectivity index (χ4n) is 1.65. The highest BCUT2D eigenvalue weighted by Crippen LogP contribution is 2.29. The van der Waals surface area contributed by atoms with E-state index in [1.165, 1.54) is 25.3 Å². The van der Waals surface area contributed by atoms with Crippen molar-refractivity contribution in [2.45, 2.75) is 4.90 Å². The third-order valence-electron chi connectivity index (χ3n) is 2.60. The van der Waals surface area contributed by atoms with Gasteiger partial charge in [-0.05, 0) is 30.3 Å². The van der Waals surface area contributed by atoms with Crippen LogP contribution >= 0.6 is 11.6 Å². The fourth-order valence-corrected chi connectivity index (χ4v) is 3.26. The maximum atomic E-state index is 12.3. The van der Waals surface area contributed by atoms with E-state index >= 15 is 0 Å². The zero-order chi connectivity index (χ0) is 14.8. The van der Waals surface area contributed by atoms with E-state index in [4.69, 9.17) is 22.1 Å². The second-order valence-corrected chi connectivity index (χ2v) is 6.05. The molecule has 0 aliphatic carbocycles. The summed E-state index contributed by atoms with van der Waals surface area (Å²) in [5.74, 6) is 0.413. The minimum absolute atomic E-state index is 0.0786. The van der Waals surface area contributed by atoms with Crippen molar-refractivity contribution >= 4 is 33.0 Å². The Morgan fingerprint density at radius 3 is 2.60 bits per heavy atom. The lowest BCUT2D eigenvalue weighted by molar-refractivity contribution is 0.417. The first-order valence-electron chi connectivity index (χ1n) is 5.65. The summed E-state index contributed by atoms with van der Waals surface area (Å²) in [5.41, 5.74) is 6.24. The predicted molar refractivity (Wildman–Crippen MR) is 79.7 cm³/mol. The minimum Gasteiger partial charge on any atom is -0.495 e. The Labute approximate surface area is 122 Å². The Morgan fingerprint density at radius 1 is 1.20 bits per heavy atom. The van der Waals surface area contributed by atoms with Gasteiger partial charge in [0.2, 0.25) is 0 Å². The number of para-hydroxylation sites is 2. The Kier molecular flexibility index (Phi) is 4.06. The molecule has 0 radical (unpaired) electrons. The molecule has 0 saturated carbocycles. The normalized spacial score (nSPS) is 11.1. The maximum Gasteiger partial charge on any atom is 0.263 e. The number of hydrogen-bond donors (Lipinski definition) is 2. The molecule has 0 saturated heterocycles. The highest BCUT2D eigenvalue weighted by molar-refractivity contribution is 7.92. The average molecular weight is 313 g/mol. The number of nitrogens with two attached hydrogens (primary N) is 1. The van der Waals surface area contributed by atoms with Crippen LogP contribution in [0, 0.1) is 0 Å². The van der Waals surface area contributed by atoms with Gasteiger partial charge < -0.3 is 10.5 Å². The molecule has 0 amide bonds. The molecule has 0 atom stereocenters. The molecular formula is C13H13ClN2O3S. The minimum atomic E-state index is -3.84. The number of nitrogen functional groups attached to an aromatic ring is 1. The largest absolute Gasteiger partial charge is 0.495 e. The lowest BCUT2D eigenvalue weighted by atomic mass is 10.3. The Morgan fingerprint density at radius 2 is 1.90 bits per heavy atom. The maximum absolute atomic E-state index is 12.3. The molecule has 2 aromatic carbocycles. The number of benzene rings is 2. The second kappa shape index (κ2) is 5.60.